The van der Waals surface area contributed by atoms with E-state index < -0.39 is 0 Å². The topological polar surface area (TPSA) is 96.6 Å². The van der Waals surface area contributed by atoms with Gasteiger partial charge in [-0.05, 0) is 35.9 Å². The Kier molecular flexibility index (Phi) is 4.72. The van der Waals surface area contributed by atoms with Crippen molar-refractivity contribution in [3.63, 3.8) is 0 Å². The number of halogens is 1. The van der Waals surface area contributed by atoms with E-state index in [4.69, 9.17) is 17.3 Å². The van der Waals surface area contributed by atoms with Crippen LogP contribution in [0.1, 0.15) is 29.3 Å². The normalized spacial score (nSPS) is 16.8. The van der Waals surface area contributed by atoms with Crippen molar-refractivity contribution >= 4 is 40.5 Å². The molecular formula is C18H17ClN4O2. The lowest BCUT2D eigenvalue weighted by molar-refractivity contribution is -0.121. The standard InChI is InChI=1S/C18H17ClN4O2/c1-10-8-16(24)22-23-17(10)11-2-5-13(6-3-11)21-18(25)14-9-12(19)4-7-15(14)20/h2-7,9-10H,8,20H2,1H3,(H,21,25)(H,22,24). The van der Waals surface area contributed by atoms with Gasteiger partial charge < -0.3 is 11.1 Å². The molecule has 2 aromatic rings. The number of hydrazone groups is 1. The highest BCUT2D eigenvalue weighted by atomic mass is 35.5. The number of hydrogen-bond donors (Lipinski definition) is 3. The third kappa shape index (κ3) is 3.80. The summed E-state index contributed by atoms with van der Waals surface area (Å²) in [7, 11) is 0. The maximum absolute atomic E-state index is 12.3. The minimum absolute atomic E-state index is 0.0421. The third-order valence-electron chi connectivity index (χ3n) is 3.96. The zero-order chi connectivity index (χ0) is 18.0. The Balaban J connectivity index is 1.76. The van der Waals surface area contributed by atoms with Gasteiger partial charge in [0.1, 0.15) is 0 Å². The van der Waals surface area contributed by atoms with Crippen LogP contribution in [-0.2, 0) is 4.79 Å². The van der Waals surface area contributed by atoms with Crippen molar-refractivity contribution in [2.45, 2.75) is 13.3 Å². The van der Waals surface area contributed by atoms with Gasteiger partial charge in [-0.15, -0.1) is 0 Å². The van der Waals surface area contributed by atoms with Gasteiger partial charge in [-0.3, -0.25) is 9.59 Å². The first kappa shape index (κ1) is 17.0. The number of benzene rings is 2. The Morgan fingerprint density at radius 2 is 2.00 bits per heavy atom. The molecule has 4 N–H and O–H groups in total. The minimum Gasteiger partial charge on any atom is -0.398 e. The molecule has 2 aromatic carbocycles. The fraction of sp³-hybridized carbons (Fsp3) is 0.167. The number of nitrogens with zero attached hydrogens (tertiary/aromatic N) is 1. The van der Waals surface area contributed by atoms with E-state index in [9.17, 15) is 9.59 Å². The van der Waals surface area contributed by atoms with E-state index in [1.165, 1.54) is 6.07 Å². The van der Waals surface area contributed by atoms with Gasteiger partial charge in [0.25, 0.3) is 5.91 Å². The molecule has 128 valence electrons. The van der Waals surface area contributed by atoms with Crippen molar-refractivity contribution in [3.05, 3.63) is 58.6 Å². The largest absolute Gasteiger partial charge is 0.398 e. The Morgan fingerprint density at radius 1 is 1.28 bits per heavy atom. The molecule has 25 heavy (non-hydrogen) atoms. The summed E-state index contributed by atoms with van der Waals surface area (Å²) in [6, 6.07) is 12.0. The lowest BCUT2D eigenvalue weighted by Crippen LogP contribution is -2.31. The maximum atomic E-state index is 12.3. The van der Waals surface area contributed by atoms with E-state index in [1.54, 1.807) is 24.3 Å². The van der Waals surface area contributed by atoms with E-state index in [0.717, 1.165) is 11.3 Å². The summed E-state index contributed by atoms with van der Waals surface area (Å²) in [6.07, 6.45) is 0.408. The molecule has 7 heteroatoms. The molecule has 3 rings (SSSR count). The number of nitrogen functional groups attached to an aromatic ring is 1. The summed E-state index contributed by atoms with van der Waals surface area (Å²) >= 11 is 5.92. The first-order valence-electron chi connectivity index (χ1n) is 7.77. The van der Waals surface area contributed by atoms with Gasteiger partial charge in [-0.25, -0.2) is 5.43 Å². The fourth-order valence-corrected chi connectivity index (χ4v) is 2.82. The molecule has 0 fully saturated rings. The number of anilines is 2. The van der Waals surface area contributed by atoms with Crippen LogP contribution in [0.5, 0.6) is 0 Å². The van der Waals surface area contributed by atoms with Crippen LogP contribution in [-0.4, -0.2) is 17.5 Å². The number of carbonyl (C=O) groups excluding carboxylic acids is 2. The second-order valence-corrected chi connectivity index (χ2v) is 6.34. The van der Waals surface area contributed by atoms with E-state index in [-0.39, 0.29) is 17.7 Å². The van der Waals surface area contributed by atoms with Gasteiger partial charge in [-0.1, -0.05) is 30.7 Å². The molecule has 2 amide bonds. The molecule has 0 aliphatic carbocycles. The smallest absolute Gasteiger partial charge is 0.257 e. The van der Waals surface area contributed by atoms with Crippen molar-refractivity contribution < 1.29 is 9.59 Å². The summed E-state index contributed by atoms with van der Waals surface area (Å²) in [4.78, 5) is 23.7. The molecule has 1 unspecified atom stereocenters. The predicted molar refractivity (Wildman–Crippen MR) is 98.7 cm³/mol. The molecule has 0 radical (unpaired) electrons. The molecule has 1 aliphatic rings. The van der Waals surface area contributed by atoms with Crippen LogP contribution in [0.4, 0.5) is 11.4 Å². The number of nitrogens with two attached hydrogens (primary N) is 1. The molecule has 0 saturated heterocycles. The molecular weight excluding hydrogens is 340 g/mol. The van der Waals surface area contributed by atoms with E-state index in [0.29, 0.717) is 28.4 Å². The lowest BCUT2D eigenvalue weighted by Gasteiger charge is -2.19. The third-order valence-corrected chi connectivity index (χ3v) is 4.19. The number of hydrogen-bond acceptors (Lipinski definition) is 4. The minimum atomic E-state index is -0.330. The second kappa shape index (κ2) is 6.94. The Bertz CT molecular complexity index is 862. The molecule has 0 saturated carbocycles. The Labute approximate surface area is 150 Å². The lowest BCUT2D eigenvalue weighted by atomic mass is 9.94. The van der Waals surface area contributed by atoms with Crippen molar-refractivity contribution in [1.29, 1.82) is 0 Å². The summed E-state index contributed by atoms with van der Waals surface area (Å²) in [6.45, 7) is 1.95. The van der Waals surface area contributed by atoms with Crippen molar-refractivity contribution in [1.82, 2.24) is 5.43 Å². The van der Waals surface area contributed by atoms with Crippen LogP contribution < -0.4 is 16.5 Å². The summed E-state index contributed by atoms with van der Waals surface area (Å²) < 4.78 is 0. The first-order valence-corrected chi connectivity index (χ1v) is 8.15. The van der Waals surface area contributed by atoms with Gasteiger partial charge >= 0.3 is 0 Å². The predicted octanol–water partition coefficient (Wildman–Crippen LogP) is 3.03. The molecule has 0 bridgehead atoms. The summed E-state index contributed by atoms with van der Waals surface area (Å²) in [5.74, 6) is -0.372. The average molecular weight is 357 g/mol. The highest BCUT2D eigenvalue weighted by Gasteiger charge is 2.21. The van der Waals surface area contributed by atoms with E-state index in [2.05, 4.69) is 15.8 Å². The zero-order valence-corrected chi connectivity index (χ0v) is 14.3. The SMILES string of the molecule is CC1CC(=O)NN=C1c1ccc(NC(=O)c2cc(Cl)ccc2N)cc1. The molecule has 0 aromatic heterocycles. The monoisotopic (exact) mass is 356 g/mol. The molecule has 0 spiro atoms. The number of amides is 2. The van der Waals surface area contributed by atoms with Crippen molar-refractivity contribution in [2.75, 3.05) is 11.1 Å². The maximum Gasteiger partial charge on any atom is 0.257 e. The Morgan fingerprint density at radius 3 is 2.68 bits per heavy atom. The van der Waals surface area contributed by atoms with E-state index in [1.807, 2.05) is 19.1 Å². The van der Waals surface area contributed by atoms with Gasteiger partial charge in [-0.2, -0.15) is 5.10 Å². The van der Waals surface area contributed by atoms with E-state index >= 15 is 0 Å². The van der Waals surface area contributed by atoms with Gasteiger partial charge in [0.05, 0.1) is 11.3 Å². The van der Waals surface area contributed by atoms with Crippen LogP contribution in [0.2, 0.25) is 5.02 Å². The molecule has 1 heterocycles. The van der Waals surface area contributed by atoms with Crippen LogP contribution in [0.15, 0.2) is 47.6 Å². The first-order chi connectivity index (χ1) is 11.9. The molecule has 1 aliphatic heterocycles. The molecule has 1 atom stereocenters. The van der Waals surface area contributed by atoms with Crippen LogP contribution in [0, 0.1) is 5.92 Å². The zero-order valence-electron chi connectivity index (χ0n) is 13.5. The highest BCUT2D eigenvalue weighted by molar-refractivity contribution is 6.31. The quantitative estimate of drug-likeness (QED) is 0.737. The summed E-state index contributed by atoms with van der Waals surface area (Å²) in [5.41, 5.74) is 11.3. The highest BCUT2D eigenvalue weighted by Crippen LogP contribution is 2.21. The summed E-state index contributed by atoms with van der Waals surface area (Å²) in [5, 5.41) is 7.35. The van der Waals surface area contributed by atoms with Crippen LogP contribution in [0.25, 0.3) is 0 Å². The van der Waals surface area contributed by atoms with Gasteiger partial charge in [0, 0.05) is 28.7 Å². The number of carbonyl (C=O) groups is 2. The van der Waals surface area contributed by atoms with Gasteiger partial charge in [0.15, 0.2) is 0 Å². The Hall–Kier alpha value is -2.86. The van der Waals surface area contributed by atoms with Gasteiger partial charge in [0.2, 0.25) is 5.91 Å². The van der Waals surface area contributed by atoms with Crippen LogP contribution >= 0.6 is 11.6 Å². The number of nitrogens with one attached hydrogen (secondary N) is 2. The molecule has 6 nitrogen and oxygen atoms in total. The fourth-order valence-electron chi connectivity index (χ4n) is 2.65. The van der Waals surface area contributed by atoms with Crippen molar-refractivity contribution in [2.24, 2.45) is 11.0 Å². The van der Waals surface area contributed by atoms with Crippen LogP contribution in [0.3, 0.4) is 0 Å². The number of rotatable bonds is 3. The average Bonchev–Trinajstić information content (AvgIpc) is 2.58. The second-order valence-electron chi connectivity index (χ2n) is 5.90. The van der Waals surface area contributed by atoms with Crippen molar-refractivity contribution in [3.8, 4) is 0 Å².